The van der Waals surface area contributed by atoms with Crippen molar-refractivity contribution in [3.63, 3.8) is 0 Å². The number of hydrogen-bond acceptors (Lipinski definition) is 11. The number of carbonyl (C=O) groups is 2. The summed E-state index contributed by atoms with van der Waals surface area (Å²) in [5.41, 5.74) is 7.55. The molecule has 15 heteroatoms. The van der Waals surface area contributed by atoms with Gasteiger partial charge in [-0.25, -0.2) is 4.79 Å². The summed E-state index contributed by atoms with van der Waals surface area (Å²) in [5, 5.41) is 11.9. The Labute approximate surface area is 230 Å². The van der Waals surface area contributed by atoms with E-state index in [4.69, 9.17) is 48.5 Å². The maximum atomic E-state index is 12.5. The van der Waals surface area contributed by atoms with Gasteiger partial charge < -0.3 is 47.9 Å². The minimum Gasteiger partial charge on any atom is -0.481 e. The van der Waals surface area contributed by atoms with E-state index in [1.54, 1.807) is 20.8 Å². The Balaban J connectivity index is 3.87. The van der Waals surface area contributed by atoms with Crippen LogP contribution in [0.2, 0.25) is 0 Å². The van der Waals surface area contributed by atoms with Crippen molar-refractivity contribution in [3.05, 3.63) is 10.4 Å². The van der Waals surface area contributed by atoms with Crippen molar-refractivity contribution >= 4 is 12.1 Å². The highest BCUT2D eigenvalue weighted by atomic mass is 16.6. The van der Waals surface area contributed by atoms with Gasteiger partial charge in [-0.2, -0.15) is 0 Å². The van der Waals surface area contributed by atoms with Crippen LogP contribution in [0.25, 0.3) is 10.4 Å². The van der Waals surface area contributed by atoms with E-state index in [9.17, 15) is 9.59 Å². The van der Waals surface area contributed by atoms with Gasteiger partial charge in [-0.1, -0.05) is 5.11 Å². The molecule has 0 radical (unpaired) electrons. The topological polar surface area (TPSA) is 180 Å². The van der Waals surface area contributed by atoms with Gasteiger partial charge in [0, 0.05) is 24.5 Å². The molecule has 0 aliphatic heterocycles. The van der Waals surface area contributed by atoms with Crippen LogP contribution in [0.15, 0.2) is 5.11 Å². The third-order valence-electron chi connectivity index (χ3n) is 4.38. The fourth-order valence-corrected chi connectivity index (χ4v) is 2.58. The van der Waals surface area contributed by atoms with Gasteiger partial charge in [-0.15, -0.1) is 0 Å². The van der Waals surface area contributed by atoms with Gasteiger partial charge in [0.25, 0.3) is 0 Å². The largest absolute Gasteiger partial charge is 0.481 e. The van der Waals surface area contributed by atoms with Crippen molar-refractivity contribution in [1.29, 1.82) is 0 Å². The average molecular weight is 567 g/mol. The zero-order valence-corrected chi connectivity index (χ0v) is 23.5. The van der Waals surface area contributed by atoms with Gasteiger partial charge in [-0.05, 0) is 26.3 Å². The van der Waals surface area contributed by atoms with Crippen molar-refractivity contribution in [1.82, 2.24) is 4.90 Å². The van der Waals surface area contributed by atoms with Crippen LogP contribution < -0.4 is 0 Å². The lowest BCUT2D eigenvalue weighted by molar-refractivity contribution is -0.138. The lowest BCUT2D eigenvalue weighted by Crippen LogP contribution is -2.40. The fraction of sp³-hybridized carbons (Fsp3) is 0.917. The van der Waals surface area contributed by atoms with Crippen molar-refractivity contribution in [2.45, 2.75) is 32.8 Å². The summed E-state index contributed by atoms with van der Waals surface area (Å²) in [6.07, 6.45) is -0.465. The number of hydrogen-bond donors (Lipinski definition) is 1. The van der Waals surface area contributed by atoms with Crippen LogP contribution >= 0.6 is 0 Å². The van der Waals surface area contributed by atoms with Gasteiger partial charge in [0.1, 0.15) is 5.60 Å². The van der Waals surface area contributed by atoms with Gasteiger partial charge in [-0.3, -0.25) is 4.79 Å². The number of carboxylic acids is 1. The molecule has 0 unspecified atom stereocenters. The highest BCUT2D eigenvalue weighted by Crippen LogP contribution is 2.10. The van der Waals surface area contributed by atoms with Crippen LogP contribution in [-0.2, 0) is 42.7 Å². The minimum atomic E-state index is -0.893. The second kappa shape index (κ2) is 26.0. The smallest absolute Gasteiger partial charge is 0.410 e. The first-order valence-corrected chi connectivity index (χ1v) is 13.0. The first kappa shape index (κ1) is 36.8. The molecule has 0 spiro atoms. The van der Waals surface area contributed by atoms with E-state index in [0.717, 1.165) is 0 Å². The van der Waals surface area contributed by atoms with Crippen molar-refractivity contribution < 1.29 is 52.6 Å². The summed E-state index contributed by atoms with van der Waals surface area (Å²) in [6.45, 7) is 11.4. The predicted molar refractivity (Wildman–Crippen MR) is 140 cm³/mol. The second-order valence-corrected chi connectivity index (χ2v) is 8.85. The molecule has 1 amide bonds. The molecule has 0 saturated carbocycles. The second-order valence-electron chi connectivity index (χ2n) is 8.85. The molecule has 0 fully saturated rings. The van der Waals surface area contributed by atoms with Crippen LogP contribution in [0.4, 0.5) is 4.79 Å². The molecule has 39 heavy (non-hydrogen) atoms. The third-order valence-corrected chi connectivity index (χ3v) is 4.38. The highest BCUT2D eigenvalue weighted by molar-refractivity contribution is 5.68. The number of aliphatic carboxylic acids is 1. The first-order valence-electron chi connectivity index (χ1n) is 13.0. The minimum absolute atomic E-state index is 0.0248. The summed E-state index contributed by atoms with van der Waals surface area (Å²) in [6, 6.07) is 0. The zero-order valence-electron chi connectivity index (χ0n) is 23.5. The predicted octanol–water partition coefficient (Wildman–Crippen LogP) is 2.12. The summed E-state index contributed by atoms with van der Waals surface area (Å²) in [7, 11) is 0. The molecule has 0 aliphatic carbocycles. The van der Waals surface area contributed by atoms with E-state index < -0.39 is 17.7 Å². The maximum absolute atomic E-state index is 12.5. The van der Waals surface area contributed by atoms with Crippen molar-refractivity contribution in [2.24, 2.45) is 5.11 Å². The van der Waals surface area contributed by atoms with Gasteiger partial charge in [0.05, 0.1) is 98.9 Å². The molecule has 0 bridgehead atoms. The lowest BCUT2D eigenvalue weighted by atomic mass is 10.2. The molecule has 228 valence electrons. The molecule has 0 saturated heterocycles. The quantitative estimate of drug-likeness (QED) is 0.0666. The monoisotopic (exact) mass is 566 g/mol. The molecule has 0 atom stereocenters. The molecule has 0 aromatic rings. The Bertz CT molecular complexity index is 658. The average Bonchev–Trinajstić information content (AvgIpc) is 2.87. The Hall–Kier alpha value is -2.23. The standard InChI is InChI=1S/C24H46N4O11/c1-24(2,3)39-23(31)28(6-10-34-14-18-37-17-13-33-9-5-26-27-25)7-11-35-15-19-38-21-20-36-16-12-32-8-4-22(29)30/h4-21H2,1-3H3,(H,29,30). The van der Waals surface area contributed by atoms with Crippen LogP contribution in [0, 0.1) is 0 Å². The summed E-state index contributed by atoms with van der Waals surface area (Å²) in [4.78, 5) is 27.1. The molecule has 0 aromatic carbocycles. The van der Waals surface area contributed by atoms with Gasteiger partial charge in [0.2, 0.25) is 0 Å². The summed E-state index contributed by atoms with van der Waals surface area (Å²) < 4.78 is 43.1. The molecular weight excluding hydrogens is 520 g/mol. The van der Waals surface area contributed by atoms with Crippen LogP contribution in [0.1, 0.15) is 27.2 Å². The SMILES string of the molecule is CC(C)(C)OC(=O)N(CCOCCOCCOCCN=[N+]=[N-])CCOCCOCCOCCOCCC(=O)O. The van der Waals surface area contributed by atoms with E-state index in [-0.39, 0.29) is 13.0 Å². The highest BCUT2D eigenvalue weighted by Gasteiger charge is 2.21. The lowest BCUT2D eigenvalue weighted by Gasteiger charge is -2.27. The normalized spacial score (nSPS) is 11.3. The Morgan fingerprint density at radius 1 is 0.692 bits per heavy atom. The number of carbonyl (C=O) groups excluding carboxylic acids is 1. The number of carboxylic acid groups (broad SMARTS) is 1. The third kappa shape index (κ3) is 28.6. The molecule has 0 heterocycles. The zero-order chi connectivity index (χ0) is 29.0. The molecular formula is C24H46N4O11. The van der Waals surface area contributed by atoms with Crippen molar-refractivity contribution in [2.75, 3.05) is 112 Å². The van der Waals surface area contributed by atoms with Crippen LogP contribution in [0.3, 0.4) is 0 Å². The molecule has 0 rings (SSSR count). The molecule has 0 aromatic heterocycles. The number of azide groups is 1. The Kier molecular flexibility index (Phi) is 24.5. The van der Waals surface area contributed by atoms with Crippen LogP contribution in [0.5, 0.6) is 0 Å². The first-order chi connectivity index (χ1) is 18.8. The maximum Gasteiger partial charge on any atom is 0.410 e. The Morgan fingerprint density at radius 3 is 1.46 bits per heavy atom. The number of amides is 1. The fourth-order valence-electron chi connectivity index (χ4n) is 2.58. The van der Waals surface area contributed by atoms with Gasteiger partial charge in [0.15, 0.2) is 0 Å². The number of rotatable bonds is 27. The van der Waals surface area contributed by atoms with E-state index in [1.165, 1.54) is 4.90 Å². The summed E-state index contributed by atoms with van der Waals surface area (Å²) in [5.74, 6) is -0.893. The molecule has 0 aliphatic rings. The van der Waals surface area contributed by atoms with Gasteiger partial charge >= 0.3 is 12.1 Å². The van der Waals surface area contributed by atoms with Crippen LogP contribution in [-0.4, -0.2) is 140 Å². The van der Waals surface area contributed by atoms with Crippen molar-refractivity contribution in [3.8, 4) is 0 Å². The van der Waals surface area contributed by atoms with E-state index in [1.807, 2.05) is 0 Å². The summed E-state index contributed by atoms with van der Waals surface area (Å²) >= 11 is 0. The van der Waals surface area contributed by atoms with E-state index >= 15 is 0 Å². The number of nitrogens with zero attached hydrogens (tertiary/aromatic N) is 4. The molecule has 1 N–H and O–H groups in total. The number of ether oxygens (including phenoxy) is 8. The molecule has 15 nitrogen and oxygen atoms in total. The van der Waals surface area contributed by atoms with E-state index in [2.05, 4.69) is 10.0 Å². The Morgan fingerprint density at radius 2 is 1.08 bits per heavy atom. The van der Waals surface area contributed by atoms with E-state index in [0.29, 0.717) is 106 Å².